The van der Waals surface area contributed by atoms with Gasteiger partial charge in [-0.2, -0.15) is 0 Å². The van der Waals surface area contributed by atoms with Gasteiger partial charge in [0.05, 0.1) is 12.2 Å². The fraction of sp³-hybridized carbons (Fsp3) is 0.429. The van der Waals surface area contributed by atoms with Gasteiger partial charge >= 0.3 is 0 Å². The van der Waals surface area contributed by atoms with Crippen LogP contribution in [-0.2, 0) is 11.3 Å². The molecule has 2 fully saturated rings. The molecule has 5 rings (SSSR count). The minimum atomic E-state index is 0.0809. The van der Waals surface area contributed by atoms with Gasteiger partial charge in [-0.05, 0) is 37.6 Å². The van der Waals surface area contributed by atoms with Crippen molar-refractivity contribution < 1.29 is 4.74 Å². The highest BCUT2D eigenvalue weighted by Gasteiger charge is 2.37. The molecule has 0 aliphatic carbocycles. The van der Waals surface area contributed by atoms with E-state index < -0.39 is 0 Å². The summed E-state index contributed by atoms with van der Waals surface area (Å²) in [4.78, 5) is 2.61. The quantitative estimate of drug-likeness (QED) is 0.754. The zero-order valence-corrected chi connectivity index (χ0v) is 15.3. The minimum absolute atomic E-state index is 0.0809. The van der Waals surface area contributed by atoms with E-state index in [1.165, 1.54) is 25.7 Å². The second-order valence-corrected chi connectivity index (χ2v) is 8.44. The van der Waals surface area contributed by atoms with Crippen LogP contribution in [0, 0.1) is 0 Å². The maximum atomic E-state index is 6.23. The standard InChI is InChI=1S/C21H24N2OS/c1-2-7-19-17(5-1)18-6-3-4-16(20(18)25-19)14-23-12-13-24-21(15-23)8-10-22-11-9-21/h1-7,22H,8-15H2. The Bertz CT molecular complexity index is 892. The first-order valence-corrected chi connectivity index (χ1v) is 10.1. The molecule has 2 aliphatic heterocycles. The third-order valence-electron chi connectivity index (χ3n) is 5.72. The Morgan fingerprint density at radius 3 is 2.80 bits per heavy atom. The molecule has 0 bridgehead atoms. The van der Waals surface area contributed by atoms with Crippen molar-refractivity contribution in [2.24, 2.45) is 0 Å². The van der Waals surface area contributed by atoms with Crippen LogP contribution in [-0.4, -0.2) is 43.3 Å². The van der Waals surface area contributed by atoms with Crippen LogP contribution in [0.25, 0.3) is 20.2 Å². The molecule has 130 valence electrons. The number of morpholine rings is 1. The molecule has 0 atom stereocenters. The number of benzene rings is 2. The zero-order valence-electron chi connectivity index (χ0n) is 14.5. The Labute approximate surface area is 152 Å². The van der Waals surface area contributed by atoms with Crippen LogP contribution in [0.15, 0.2) is 42.5 Å². The summed E-state index contributed by atoms with van der Waals surface area (Å²) in [6.07, 6.45) is 2.27. The Hall–Kier alpha value is -1.46. The van der Waals surface area contributed by atoms with E-state index in [0.29, 0.717) is 0 Å². The molecule has 3 nitrogen and oxygen atoms in total. The van der Waals surface area contributed by atoms with Gasteiger partial charge in [-0.1, -0.05) is 36.4 Å². The van der Waals surface area contributed by atoms with E-state index in [0.717, 1.165) is 52.2 Å². The second kappa shape index (κ2) is 6.36. The first-order valence-electron chi connectivity index (χ1n) is 9.29. The number of hydrogen-bond acceptors (Lipinski definition) is 4. The Balaban J connectivity index is 1.45. The smallest absolute Gasteiger partial charge is 0.0833 e. The van der Waals surface area contributed by atoms with E-state index in [-0.39, 0.29) is 5.60 Å². The molecular weight excluding hydrogens is 328 g/mol. The topological polar surface area (TPSA) is 24.5 Å². The molecule has 2 saturated heterocycles. The van der Waals surface area contributed by atoms with Gasteiger partial charge in [0.25, 0.3) is 0 Å². The van der Waals surface area contributed by atoms with E-state index in [2.05, 4.69) is 52.7 Å². The van der Waals surface area contributed by atoms with E-state index in [4.69, 9.17) is 4.74 Å². The van der Waals surface area contributed by atoms with Gasteiger partial charge in [0.2, 0.25) is 0 Å². The lowest BCUT2D eigenvalue weighted by Gasteiger charge is -2.45. The fourth-order valence-corrected chi connectivity index (χ4v) is 5.62. The summed E-state index contributed by atoms with van der Waals surface area (Å²) in [7, 11) is 0. The maximum Gasteiger partial charge on any atom is 0.0833 e. The van der Waals surface area contributed by atoms with Crippen molar-refractivity contribution in [3.8, 4) is 0 Å². The van der Waals surface area contributed by atoms with Crippen LogP contribution < -0.4 is 5.32 Å². The number of ether oxygens (including phenoxy) is 1. The van der Waals surface area contributed by atoms with Gasteiger partial charge in [-0.3, -0.25) is 4.90 Å². The number of hydrogen-bond donors (Lipinski definition) is 1. The molecule has 0 unspecified atom stereocenters. The molecule has 3 aromatic rings. The molecular formula is C21H24N2OS. The van der Waals surface area contributed by atoms with Crippen molar-refractivity contribution in [2.45, 2.75) is 25.0 Å². The molecule has 1 spiro atoms. The van der Waals surface area contributed by atoms with Crippen LogP contribution in [0.2, 0.25) is 0 Å². The summed E-state index contributed by atoms with van der Waals surface area (Å²) in [6, 6.07) is 15.6. The van der Waals surface area contributed by atoms with Gasteiger partial charge in [-0.15, -0.1) is 11.3 Å². The highest BCUT2D eigenvalue weighted by molar-refractivity contribution is 7.26. The van der Waals surface area contributed by atoms with E-state index in [1.807, 2.05) is 11.3 Å². The molecule has 1 N–H and O–H groups in total. The number of rotatable bonds is 2. The number of thiophene rings is 1. The molecule has 2 aromatic carbocycles. The van der Waals surface area contributed by atoms with Crippen molar-refractivity contribution >= 4 is 31.5 Å². The van der Waals surface area contributed by atoms with Gasteiger partial charge < -0.3 is 10.1 Å². The van der Waals surface area contributed by atoms with Crippen molar-refractivity contribution in [1.82, 2.24) is 10.2 Å². The summed E-state index contributed by atoms with van der Waals surface area (Å²) in [6.45, 7) is 6.16. The number of fused-ring (bicyclic) bond motifs is 3. The molecule has 1 aromatic heterocycles. The third kappa shape index (κ3) is 2.87. The summed E-state index contributed by atoms with van der Waals surface area (Å²) >= 11 is 1.94. The Morgan fingerprint density at radius 2 is 1.88 bits per heavy atom. The van der Waals surface area contributed by atoms with Crippen LogP contribution in [0.4, 0.5) is 0 Å². The summed E-state index contributed by atoms with van der Waals surface area (Å²) in [5, 5.41) is 6.26. The third-order valence-corrected chi connectivity index (χ3v) is 6.98. The van der Waals surface area contributed by atoms with Crippen LogP contribution in [0.1, 0.15) is 18.4 Å². The Morgan fingerprint density at radius 1 is 1.04 bits per heavy atom. The molecule has 4 heteroatoms. The van der Waals surface area contributed by atoms with Crippen molar-refractivity contribution in [3.63, 3.8) is 0 Å². The highest BCUT2D eigenvalue weighted by Crippen LogP contribution is 2.36. The molecule has 0 amide bonds. The van der Waals surface area contributed by atoms with Crippen molar-refractivity contribution in [1.29, 1.82) is 0 Å². The number of piperidine rings is 1. The van der Waals surface area contributed by atoms with Crippen molar-refractivity contribution in [2.75, 3.05) is 32.8 Å². The van der Waals surface area contributed by atoms with Crippen molar-refractivity contribution in [3.05, 3.63) is 48.0 Å². The fourth-order valence-electron chi connectivity index (χ4n) is 4.41. The minimum Gasteiger partial charge on any atom is -0.372 e. The average Bonchev–Trinajstić information content (AvgIpc) is 3.02. The predicted octanol–water partition coefficient (Wildman–Crippen LogP) is 4.01. The molecule has 3 heterocycles. The first-order chi connectivity index (χ1) is 12.3. The summed E-state index contributed by atoms with van der Waals surface area (Å²) < 4.78 is 9.07. The van der Waals surface area contributed by atoms with Gasteiger partial charge in [-0.25, -0.2) is 0 Å². The second-order valence-electron chi connectivity index (χ2n) is 7.38. The SMILES string of the molecule is c1ccc2c(c1)sc1c(CN3CCOC4(CCNCC4)C3)cccc12. The van der Waals surface area contributed by atoms with Gasteiger partial charge in [0.1, 0.15) is 0 Å². The summed E-state index contributed by atoms with van der Waals surface area (Å²) in [5.74, 6) is 0. The van der Waals surface area contributed by atoms with E-state index in [9.17, 15) is 0 Å². The lowest BCUT2D eigenvalue weighted by Crippen LogP contribution is -2.55. The van der Waals surface area contributed by atoms with Crippen LogP contribution >= 0.6 is 11.3 Å². The highest BCUT2D eigenvalue weighted by atomic mass is 32.1. The van der Waals surface area contributed by atoms with Crippen LogP contribution in [0.5, 0.6) is 0 Å². The van der Waals surface area contributed by atoms with Gasteiger partial charge in [0.15, 0.2) is 0 Å². The lowest BCUT2D eigenvalue weighted by atomic mass is 9.90. The van der Waals surface area contributed by atoms with Crippen LogP contribution in [0.3, 0.4) is 0 Å². The maximum absolute atomic E-state index is 6.23. The zero-order chi connectivity index (χ0) is 16.7. The predicted molar refractivity (Wildman–Crippen MR) is 105 cm³/mol. The van der Waals surface area contributed by atoms with E-state index in [1.54, 1.807) is 0 Å². The monoisotopic (exact) mass is 352 g/mol. The number of nitrogens with one attached hydrogen (secondary N) is 1. The first kappa shape index (κ1) is 15.8. The summed E-state index contributed by atoms with van der Waals surface area (Å²) in [5.41, 5.74) is 1.54. The number of nitrogens with zero attached hydrogens (tertiary/aromatic N) is 1. The largest absolute Gasteiger partial charge is 0.372 e. The van der Waals surface area contributed by atoms with E-state index >= 15 is 0 Å². The molecule has 0 saturated carbocycles. The molecule has 2 aliphatic rings. The lowest BCUT2D eigenvalue weighted by molar-refractivity contribution is -0.125. The average molecular weight is 353 g/mol. The molecule has 25 heavy (non-hydrogen) atoms. The Kier molecular flexibility index (Phi) is 4.01. The normalized spacial score (nSPS) is 21.3. The molecule has 0 radical (unpaired) electrons. The van der Waals surface area contributed by atoms with Gasteiger partial charge in [0, 0.05) is 39.8 Å².